The van der Waals surface area contributed by atoms with E-state index in [1.54, 1.807) is 0 Å². The van der Waals surface area contributed by atoms with Crippen molar-refractivity contribution in [1.82, 2.24) is 10.2 Å². The summed E-state index contributed by atoms with van der Waals surface area (Å²) in [6, 6.07) is 4.12. The molecular weight excluding hydrogens is 257 g/mol. The van der Waals surface area contributed by atoms with E-state index in [-0.39, 0.29) is 24.1 Å². The van der Waals surface area contributed by atoms with E-state index < -0.39 is 5.82 Å². The van der Waals surface area contributed by atoms with E-state index in [4.69, 9.17) is 5.73 Å². The minimum absolute atomic E-state index is 0.103. The highest BCUT2D eigenvalue weighted by molar-refractivity contribution is 5.97. The Kier molecular flexibility index (Phi) is 4.72. The number of halogens is 1. The van der Waals surface area contributed by atoms with E-state index >= 15 is 0 Å². The van der Waals surface area contributed by atoms with Crippen LogP contribution in [0, 0.1) is 17.7 Å². The van der Waals surface area contributed by atoms with Crippen molar-refractivity contribution in [2.24, 2.45) is 5.73 Å². The fraction of sp³-hybridized carbons (Fsp3) is 0.400. The van der Waals surface area contributed by atoms with Crippen LogP contribution < -0.4 is 11.1 Å². The van der Waals surface area contributed by atoms with Gasteiger partial charge in [-0.1, -0.05) is 11.8 Å². The Labute approximate surface area is 118 Å². The van der Waals surface area contributed by atoms with Crippen LogP contribution in [0.4, 0.5) is 4.39 Å². The van der Waals surface area contributed by atoms with Gasteiger partial charge in [-0.3, -0.25) is 4.79 Å². The Bertz CT molecular complexity index is 562. The normalized spacial score (nSPS) is 18.4. The van der Waals surface area contributed by atoms with Crippen molar-refractivity contribution in [3.05, 3.63) is 35.1 Å². The van der Waals surface area contributed by atoms with Gasteiger partial charge in [0.1, 0.15) is 5.82 Å². The second-order valence-electron chi connectivity index (χ2n) is 4.92. The third-order valence-corrected chi connectivity index (χ3v) is 3.28. The molecule has 1 aliphatic rings. The summed E-state index contributed by atoms with van der Waals surface area (Å²) in [6.07, 6.45) is 0.904. The van der Waals surface area contributed by atoms with E-state index in [1.807, 2.05) is 7.05 Å². The summed E-state index contributed by atoms with van der Waals surface area (Å²) in [7, 11) is 2.01. The van der Waals surface area contributed by atoms with Gasteiger partial charge in [0.05, 0.1) is 12.1 Å². The van der Waals surface area contributed by atoms with Crippen LogP contribution in [0.15, 0.2) is 18.2 Å². The molecule has 0 aliphatic carbocycles. The molecule has 0 radical (unpaired) electrons. The van der Waals surface area contributed by atoms with Crippen molar-refractivity contribution in [2.45, 2.75) is 12.5 Å². The highest BCUT2D eigenvalue weighted by Gasteiger charge is 2.22. The van der Waals surface area contributed by atoms with Gasteiger partial charge >= 0.3 is 0 Å². The average Bonchev–Trinajstić information content (AvgIpc) is 2.82. The van der Waals surface area contributed by atoms with Crippen LogP contribution in [-0.2, 0) is 0 Å². The van der Waals surface area contributed by atoms with Crippen molar-refractivity contribution in [3.8, 4) is 11.8 Å². The summed E-state index contributed by atoms with van der Waals surface area (Å²) in [5, 5.41) is 2.92. The molecule has 1 aromatic rings. The number of hydrogen-bond donors (Lipinski definition) is 2. The van der Waals surface area contributed by atoms with Gasteiger partial charge in [-0.05, 0) is 38.2 Å². The Hall–Kier alpha value is -1.90. The lowest BCUT2D eigenvalue weighted by atomic mass is 10.1. The summed E-state index contributed by atoms with van der Waals surface area (Å²) in [5.41, 5.74) is 6.09. The van der Waals surface area contributed by atoms with Crippen molar-refractivity contribution < 1.29 is 9.18 Å². The monoisotopic (exact) mass is 275 g/mol. The first-order valence-corrected chi connectivity index (χ1v) is 6.58. The van der Waals surface area contributed by atoms with Crippen LogP contribution in [0.2, 0.25) is 0 Å². The molecule has 1 atom stereocenters. The van der Waals surface area contributed by atoms with Gasteiger partial charge in [0.15, 0.2) is 0 Å². The third-order valence-electron chi connectivity index (χ3n) is 3.28. The van der Waals surface area contributed by atoms with E-state index in [9.17, 15) is 9.18 Å². The van der Waals surface area contributed by atoms with E-state index in [0.29, 0.717) is 5.56 Å². The zero-order valence-corrected chi connectivity index (χ0v) is 11.4. The minimum atomic E-state index is -0.447. The third kappa shape index (κ3) is 3.56. The second-order valence-corrected chi connectivity index (χ2v) is 4.92. The summed E-state index contributed by atoms with van der Waals surface area (Å²) in [5.74, 6) is 4.76. The smallest absolute Gasteiger partial charge is 0.252 e. The Morgan fingerprint density at radius 1 is 1.60 bits per heavy atom. The molecule has 1 aliphatic heterocycles. The standard InChI is InChI=1S/C15H18FN3O/c1-19-8-6-13(10-19)18-15(20)14-9-12(16)5-4-11(14)3-2-7-17/h4-5,9,13H,6-8,10,17H2,1H3,(H,18,20). The number of hydrogen-bond acceptors (Lipinski definition) is 3. The molecule has 0 saturated carbocycles. The van der Waals surface area contributed by atoms with Crippen LogP contribution in [0.1, 0.15) is 22.3 Å². The maximum atomic E-state index is 13.3. The lowest BCUT2D eigenvalue weighted by Gasteiger charge is -2.13. The second kappa shape index (κ2) is 6.51. The van der Waals surface area contributed by atoms with Gasteiger partial charge in [0.25, 0.3) is 5.91 Å². The molecule has 4 nitrogen and oxygen atoms in total. The number of benzene rings is 1. The lowest BCUT2D eigenvalue weighted by Crippen LogP contribution is -2.36. The molecule has 5 heteroatoms. The molecule has 1 amide bonds. The number of nitrogens with one attached hydrogen (secondary N) is 1. The molecule has 3 N–H and O–H groups in total. The molecule has 0 bridgehead atoms. The largest absolute Gasteiger partial charge is 0.348 e. The quantitative estimate of drug-likeness (QED) is 0.776. The van der Waals surface area contributed by atoms with E-state index in [0.717, 1.165) is 19.5 Å². The number of likely N-dealkylation sites (tertiary alicyclic amines) is 1. The molecule has 0 spiro atoms. The SMILES string of the molecule is CN1CCC(NC(=O)c2cc(F)ccc2C#CCN)C1. The lowest BCUT2D eigenvalue weighted by molar-refractivity contribution is 0.0937. The average molecular weight is 275 g/mol. The van der Waals surface area contributed by atoms with Gasteiger partial charge in [-0.25, -0.2) is 4.39 Å². The molecule has 1 saturated heterocycles. The van der Waals surface area contributed by atoms with Crippen LogP contribution in [0.25, 0.3) is 0 Å². The van der Waals surface area contributed by atoms with Crippen LogP contribution >= 0.6 is 0 Å². The van der Waals surface area contributed by atoms with Crippen molar-refractivity contribution in [2.75, 3.05) is 26.7 Å². The van der Waals surface area contributed by atoms with E-state index in [2.05, 4.69) is 22.1 Å². The molecule has 20 heavy (non-hydrogen) atoms. The van der Waals surface area contributed by atoms with Crippen molar-refractivity contribution >= 4 is 5.91 Å². The van der Waals surface area contributed by atoms with Gasteiger partial charge in [0.2, 0.25) is 0 Å². The molecule has 106 valence electrons. The molecular formula is C15H18FN3O. The number of likely N-dealkylation sites (N-methyl/N-ethyl adjacent to an activating group) is 1. The number of nitrogens with two attached hydrogens (primary N) is 1. The fourth-order valence-corrected chi connectivity index (χ4v) is 2.28. The van der Waals surface area contributed by atoms with Crippen LogP contribution in [0.5, 0.6) is 0 Å². The first kappa shape index (κ1) is 14.5. The van der Waals surface area contributed by atoms with Crippen LogP contribution in [-0.4, -0.2) is 43.5 Å². The highest BCUT2D eigenvalue weighted by Crippen LogP contribution is 2.13. The first-order chi connectivity index (χ1) is 9.60. The molecule has 1 heterocycles. The maximum Gasteiger partial charge on any atom is 0.252 e. The summed E-state index contributed by atoms with van der Waals surface area (Å²) >= 11 is 0. The topological polar surface area (TPSA) is 58.4 Å². The molecule has 1 fully saturated rings. The Balaban J connectivity index is 2.17. The molecule has 0 aromatic heterocycles. The van der Waals surface area contributed by atoms with Gasteiger partial charge in [-0.15, -0.1) is 0 Å². The minimum Gasteiger partial charge on any atom is -0.348 e. The fourth-order valence-electron chi connectivity index (χ4n) is 2.28. The number of rotatable bonds is 2. The van der Waals surface area contributed by atoms with Gasteiger partial charge < -0.3 is 16.0 Å². The number of carbonyl (C=O) groups excluding carboxylic acids is 1. The summed E-state index contributed by atoms with van der Waals surface area (Å²) in [4.78, 5) is 14.4. The summed E-state index contributed by atoms with van der Waals surface area (Å²) in [6.45, 7) is 1.96. The number of amides is 1. The van der Waals surface area contributed by atoms with E-state index in [1.165, 1.54) is 18.2 Å². The first-order valence-electron chi connectivity index (χ1n) is 6.58. The van der Waals surface area contributed by atoms with Crippen molar-refractivity contribution in [1.29, 1.82) is 0 Å². The number of nitrogens with zero attached hydrogens (tertiary/aromatic N) is 1. The zero-order chi connectivity index (χ0) is 14.5. The molecule has 1 unspecified atom stereocenters. The molecule has 1 aromatic carbocycles. The molecule has 2 rings (SSSR count). The number of carbonyl (C=O) groups is 1. The Morgan fingerprint density at radius 2 is 2.40 bits per heavy atom. The maximum absolute atomic E-state index is 13.3. The zero-order valence-electron chi connectivity index (χ0n) is 11.4. The highest BCUT2D eigenvalue weighted by atomic mass is 19.1. The predicted molar refractivity (Wildman–Crippen MR) is 75.7 cm³/mol. The van der Waals surface area contributed by atoms with Gasteiger partial charge in [0, 0.05) is 18.2 Å². The Morgan fingerprint density at radius 3 is 3.05 bits per heavy atom. The van der Waals surface area contributed by atoms with Crippen LogP contribution in [0.3, 0.4) is 0 Å². The van der Waals surface area contributed by atoms with Crippen molar-refractivity contribution in [3.63, 3.8) is 0 Å². The predicted octanol–water partition coefficient (Wildman–Crippen LogP) is 0.570. The van der Waals surface area contributed by atoms with Gasteiger partial charge in [-0.2, -0.15) is 0 Å². The summed E-state index contributed by atoms with van der Waals surface area (Å²) < 4.78 is 13.3.